The molecular formula is C24H15Cl3F4N6O. The van der Waals surface area contributed by atoms with E-state index in [9.17, 15) is 17.6 Å². The van der Waals surface area contributed by atoms with Crippen LogP contribution in [0.5, 0.6) is 5.75 Å². The van der Waals surface area contributed by atoms with Gasteiger partial charge in [0.1, 0.15) is 11.6 Å². The minimum Gasteiger partial charge on any atom is -0.429 e. The smallest absolute Gasteiger partial charge is 0.429 e. The van der Waals surface area contributed by atoms with E-state index < -0.39 is 17.6 Å². The maximum absolute atomic E-state index is 14.6. The number of ether oxygens (including phenoxy) is 1. The van der Waals surface area contributed by atoms with Crippen molar-refractivity contribution in [2.45, 2.75) is 11.7 Å². The SMILES string of the molecule is Fc1cccc(Cl)c1-c1nc(N/N=C/c2ccc(OC(F)(F)C(F)Cl)cc2)nc(Nc2ccc(Cl)cc2)n1. The van der Waals surface area contributed by atoms with Gasteiger partial charge in [-0.05, 0) is 66.2 Å². The fourth-order valence-corrected chi connectivity index (χ4v) is 3.37. The van der Waals surface area contributed by atoms with Crippen molar-refractivity contribution in [2.24, 2.45) is 5.10 Å². The van der Waals surface area contributed by atoms with E-state index in [1.165, 1.54) is 48.7 Å². The molecule has 0 aliphatic carbocycles. The van der Waals surface area contributed by atoms with E-state index in [1.807, 2.05) is 0 Å². The predicted molar refractivity (Wildman–Crippen MR) is 139 cm³/mol. The molecule has 0 aliphatic rings. The van der Waals surface area contributed by atoms with Crippen molar-refractivity contribution in [1.29, 1.82) is 0 Å². The molecule has 1 unspecified atom stereocenters. The summed E-state index contributed by atoms with van der Waals surface area (Å²) in [7, 11) is 0. The van der Waals surface area contributed by atoms with Crippen LogP contribution in [0.1, 0.15) is 5.56 Å². The first-order chi connectivity index (χ1) is 18.1. The minimum atomic E-state index is -4.19. The molecule has 1 heterocycles. The molecule has 4 rings (SSSR count). The molecule has 38 heavy (non-hydrogen) atoms. The highest BCUT2D eigenvalue weighted by Crippen LogP contribution is 2.30. The molecule has 0 radical (unpaired) electrons. The zero-order chi connectivity index (χ0) is 27.3. The van der Waals surface area contributed by atoms with Crippen LogP contribution in [0.4, 0.5) is 35.1 Å². The molecule has 3 aromatic carbocycles. The van der Waals surface area contributed by atoms with Gasteiger partial charge in [-0.1, -0.05) is 40.9 Å². The van der Waals surface area contributed by atoms with Crippen LogP contribution in [0.3, 0.4) is 0 Å². The van der Waals surface area contributed by atoms with E-state index in [-0.39, 0.29) is 34.1 Å². The predicted octanol–water partition coefficient (Wildman–Crippen LogP) is 7.68. The van der Waals surface area contributed by atoms with E-state index in [0.29, 0.717) is 16.3 Å². The molecule has 0 bridgehead atoms. The number of aromatic nitrogens is 3. The van der Waals surface area contributed by atoms with Gasteiger partial charge >= 0.3 is 6.11 Å². The first-order valence-corrected chi connectivity index (χ1v) is 11.8. The van der Waals surface area contributed by atoms with Crippen molar-refractivity contribution in [3.63, 3.8) is 0 Å². The Labute approximate surface area is 228 Å². The third-order valence-electron chi connectivity index (χ3n) is 4.69. The van der Waals surface area contributed by atoms with Gasteiger partial charge in [-0.2, -0.15) is 28.8 Å². The molecule has 0 amide bonds. The van der Waals surface area contributed by atoms with E-state index in [1.54, 1.807) is 24.3 Å². The van der Waals surface area contributed by atoms with Gasteiger partial charge in [-0.15, -0.1) is 0 Å². The van der Waals surface area contributed by atoms with E-state index in [0.717, 1.165) is 0 Å². The maximum atomic E-state index is 14.6. The normalized spacial score (nSPS) is 12.4. The lowest BCUT2D eigenvalue weighted by Gasteiger charge is -2.17. The van der Waals surface area contributed by atoms with Crippen molar-refractivity contribution in [1.82, 2.24) is 15.0 Å². The molecule has 0 saturated heterocycles. The molecule has 7 nitrogen and oxygen atoms in total. The van der Waals surface area contributed by atoms with Crippen molar-refractivity contribution < 1.29 is 22.3 Å². The van der Waals surface area contributed by atoms with Crippen molar-refractivity contribution in [3.05, 3.63) is 88.2 Å². The van der Waals surface area contributed by atoms with E-state index in [2.05, 4.69) is 35.5 Å². The van der Waals surface area contributed by atoms with E-state index in [4.69, 9.17) is 34.8 Å². The fraction of sp³-hybridized carbons (Fsp3) is 0.0833. The second-order valence-electron chi connectivity index (χ2n) is 7.44. The highest BCUT2D eigenvalue weighted by Gasteiger charge is 2.42. The fourth-order valence-electron chi connectivity index (χ4n) is 2.96. The van der Waals surface area contributed by atoms with Crippen LogP contribution in [0, 0.1) is 5.82 Å². The number of benzene rings is 3. The van der Waals surface area contributed by atoms with Crippen LogP contribution >= 0.6 is 34.8 Å². The second-order valence-corrected chi connectivity index (χ2v) is 8.67. The summed E-state index contributed by atoms with van der Waals surface area (Å²) < 4.78 is 58.1. The van der Waals surface area contributed by atoms with Crippen molar-refractivity contribution in [2.75, 3.05) is 10.7 Å². The summed E-state index contributed by atoms with van der Waals surface area (Å²) in [5.41, 5.74) is 0.624. The Morgan fingerprint density at radius 2 is 1.61 bits per heavy atom. The minimum absolute atomic E-state index is 0.0393. The van der Waals surface area contributed by atoms with Gasteiger partial charge < -0.3 is 10.1 Å². The Balaban J connectivity index is 1.57. The van der Waals surface area contributed by atoms with Gasteiger partial charge in [0.25, 0.3) is 5.63 Å². The summed E-state index contributed by atoms with van der Waals surface area (Å²) in [6.07, 6.45) is -2.86. The number of hydrogen-bond donors (Lipinski definition) is 2. The Kier molecular flexibility index (Phi) is 8.50. The molecule has 0 aliphatic heterocycles. The third-order valence-corrected chi connectivity index (χ3v) is 5.51. The lowest BCUT2D eigenvalue weighted by atomic mass is 10.2. The first kappa shape index (κ1) is 27.4. The van der Waals surface area contributed by atoms with Crippen molar-refractivity contribution in [3.8, 4) is 17.1 Å². The average Bonchev–Trinajstić information content (AvgIpc) is 2.86. The second kappa shape index (κ2) is 11.8. The Morgan fingerprint density at radius 1 is 0.921 bits per heavy atom. The zero-order valence-corrected chi connectivity index (χ0v) is 21.1. The molecule has 14 heteroatoms. The summed E-state index contributed by atoms with van der Waals surface area (Å²) in [4.78, 5) is 12.7. The molecule has 4 aromatic rings. The molecule has 1 aromatic heterocycles. The number of anilines is 3. The molecule has 0 spiro atoms. The third kappa shape index (κ3) is 7.00. The van der Waals surface area contributed by atoms with Crippen LogP contribution < -0.4 is 15.5 Å². The summed E-state index contributed by atoms with van der Waals surface area (Å²) in [6.45, 7) is 0. The number of rotatable bonds is 9. The van der Waals surface area contributed by atoms with Crippen LogP contribution in [-0.2, 0) is 0 Å². The molecule has 196 valence electrons. The Bertz CT molecular complexity index is 1420. The molecular weight excluding hydrogens is 571 g/mol. The Hall–Kier alpha value is -3.67. The molecule has 0 fully saturated rings. The number of nitrogens with one attached hydrogen (secondary N) is 2. The molecule has 0 saturated carbocycles. The quantitative estimate of drug-likeness (QED) is 0.0907. The first-order valence-electron chi connectivity index (χ1n) is 10.6. The van der Waals surface area contributed by atoms with Crippen LogP contribution in [-0.4, -0.2) is 32.9 Å². The summed E-state index contributed by atoms with van der Waals surface area (Å²) in [6, 6.07) is 16.0. The van der Waals surface area contributed by atoms with Crippen molar-refractivity contribution >= 4 is 58.6 Å². The number of hydrogen-bond acceptors (Lipinski definition) is 7. The van der Waals surface area contributed by atoms with E-state index >= 15 is 0 Å². The average molecular weight is 586 g/mol. The molecule has 1 atom stereocenters. The maximum Gasteiger partial charge on any atom is 0.444 e. The number of halogens is 7. The standard InChI is InChI=1S/C24H15Cl3F4N6O/c25-14-6-8-15(9-7-14)33-22-34-20(19-17(26)2-1-3-18(19)28)35-23(36-22)37-32-12-13-4-10-16(11-5-13)38-24(30,31)21(27)29/h1-12,21H,(H2,33,34,35,36,37)/b32-12+. The zero-order valence-electron chi connectivity index (χ0n) is 18.8. The van der Waals surface area contributed by atoms with Gasteiger partial charge in [-0.3, -0.25) is 0 Å². The number of nitrogens with zero attached hydrogens (tertiary/aromatic N) is 4. The van der Waals surface area contributed by atoms with Crippen LogP contribution in [0.15, 0.2) is 71.8 Å². The van der Waals surface area contributed by atoms with Gasteiger partial charge in [0.05, 0.1) is 16.8 Å². The lowest BCUT2D eigenvalue weighted by Crippen LogP contribution is -2.32. The molecule has 2 N–H and O–H groups in total. The summed E-state index contributed by atoms with van der Waals surface area (Å²) >= 11 is 16.9. The lowest BCUT2D eigenvalue weighted by molar-refractivity contribution is -0.199. The monoisotopic (exact) mass is 584 g/mol. The highest BCUT2D eigenvalue weighted by molar-refractivity contribution is 6.33. The largest absolute Gasteiger partial charge is 0.444 e. The van der Waals surface area contributed by atoms with Gasteiger partial charge in [-0.25, -0.2) is 14.2 Å². The summed E-state index contributed by atoms with van der Waals surface area (Å²) in [5.74, 6) is -1.01. The summed E-state index contributed by atoms with van der Waals surface area (Å²) in [5, 5.41) is 7.60. The van der Waals surface area contributed by atoms with Crippen LogP contribution in [0.2, 0.25) is 10.0 Å². The topological polar surface area (TPSA) is 84.3 Å². The number of alkyl halides is 4. The highest BCUT2D eigenvalue weighted by atomic mass is 35.5. The Morgan fingerprint density at radius 3 is 2.26 bits per heavy atom. The van der Waals surface area contributed by atoms with Gasteiger partial charge in [0, 0.05) is 10.7 Å². The van der Waals surface area contributed by atoms with Crippen LogP contribution in [0.25, 0.3) is 11.4 Å². The van der Waals surface area contributed by atoms with Gasteiger partial charge in [0.2, 0.25) is 11.9 Å². The van der Waals surface area contributed by atoms with Gasteiger partial charge in [0.15, 0.2) is 5.82 Å². The number of hydrazone groups is 1.